The average molecular weight is 279 g/mol. The van der Waals surface area contributed by atoms with Crippen LogP contribution < -0.4 is 5.73 Å². The molecule has 0 fully saturated rings. The van der Waals surface area contributed by atoms with E-state index in [1.54, 1.807) is 0 Å². The molecule has 0 aromatic heterocycles. The highest BCUT2D eigenvalue weighted by molar-refractivity contribution is 6.67. The minimum Gasteiger partial charge on any atom is -0.481 e. The lowest BCUT2D eigenvalue weighted by Crippen LogP contribution is -2.35. The van der Waals surface area contributed by atoms with Gasteiger partial charge in [0.05, 0.1) is 5.92 Å². The average Bonchev–Trinajstić information content (AvgIpc) is 1.99. The molecule has 0 rings (SSSR count). The predicted octanol–water partition coefficient (Wildman–Crippen LogP) is 1.25. The van der Waals surface area contributed by atoms with Crippen molar-refractivity contribution in [2.75, 3.05) is 0 Å². The maximum absolute atomic E-state index is 10.7. The highest BCUT2D eigenvalue weighted by atomic mass is 35.6. The van der Waals surface area contributed by atoms with E-state index in [-0.39, 0.29) is 12.8 Å². The Bertz CT molecular complexity index is 253. The summed E-state index contributed by atoms with van der Waals surface area (Å²) in [6, 6.07) is -1.28. The Kier molecular flexibility index (Phi) is 5.66. The van der Waals surface area contributed by atoms with Crippen molar-refractivity contribution < 1.29 is 19.8 Å². The molecular weight excluding hydrogens is 268 g/mol. The Balaban J connectivity index is 4.42. The molecule has 0 amide bonds. The number of hydrogen-bond donors (Lipinski definition) is 3. The van der Waals surface area contributed by atoms with E-state index in [0.717, 1.165) is 0 Å². The SMILES string of the molecule is N[C@@H](CC(CC(Cl)(Cl)Cl)C(=O)O)C(=O)O. The third kappa shape index (κ3) is 6.78. The minimum absolute atomic E-state index is 0.279. The molecule has 0 aliphatic carbocycles. The zero-order valence-electron chi connectivity index (χ0n) is 7.49. The summed E-state index contributed by atoms with van der Waals surface area (Å²) in [5.41, 5.74) is 5.18. The molecule has 4 N–H and O–H groups in total. The summed E-state index contributed by atoms with van der Waals surface area (Å²) < 4.78 is -1.73. The van der Waals surface area contributed by atoms with Crippen LogP contribution in [0.4, 0.5) is 0 Å². The van der Waals surface area contributed by atoms with Gasteiger partial charge in [0.25, 0.3) is 0 Å². The highest BCUT2D eigenvalue weighted by Gasteiger charge is 2.32. The number of carboxylic acid groups (broad SMARTS) is 2. The lowest BCUT2D eigenvalue weighted by molar-refractivity contribution is -0.143. The van der Waals surface area contributed by atoms with Gasteiger partial charge in [0.2, 0.25) is 0 Å². The van der Waals surface area contributed by atoms with Crippen molar-refractivity contribution in [2.24, 2.45) is 11.7 Å². The molecular formula is C7H10Cl3NO4. The molecule has 8 heteroatoms. The van der Waals surface area contributed by atoms with Crippen LogP contribution in [0.25, 0.3) is 0 Å². The number of hydrogen-bond acceptors (Lipinski definition) is 3. The molecule has 0 saturated heterocycles. The van der Waals surface area contributed by atoms with Gasteiger partial charge < -0.3 is 15.9 Å². The van der Waals surface area contributed by atoms with Gasteiger partial charge >= 0.3 is 11.9 Å². The molecule has 0 heterocycles. The van der Waals surface area contributed by atoms with E-state index in [9.17, 15) is 9.59 Å². The maximum Gasteiger partial charge on any atom is 0.320 e. The summed E-state index contributed by atoms with van der Waals surface area (Å²) in [4.78, 5) is 21.1. The van der Waals surface area contributed by atoms with Gasteiger partial charge in [-0.2, -0.15) is 0 Å². The first-order valence-electron chi connectivity index (χ1n) is 3.91. The second kappa shape index (κ2) is 5.75. The zero-order chi connectivity index (χ0) is 12.2. The lowest BCUT2D eigenvalue weighted by atomic mass is 9.98. The first-order chi connectivity index (χ1) is 6.63. The molecule has 15 heavy (non-hydrogen) atoms. The first kappa shape index (κ1) is 14.8. The molecule has 0 aliphatic heterocycles. The van der Waals surface area contributed by atoms with Crippen LogP contribution in [-0.2, 0) is 9.59 Å². The molecule has 2 atom stereocenters. The van der Waals surface area contributed by atoms with Gasteiger partial charge in [-0.1, -0.05) is 34.8 Å². The maximum atomic E-state index is 10.7. The summed E-state index contributed by atoms with van der Waals surface area (Å²) in [7, 11) is 0. The van der Waals surface area contributed by atoms with Gasteiger partial charge in [0.1, 0.15) is 6.04 Å². The standard InChI is InChI=1S/C7H10Cl3NO4/c8-7(9,10)2-3(5(12)13)1-4(11)6(14)15/h3-4H,1-2,11H2,(H,12,13)(H,14,15)/t3?,4-/m0/s1. The van der Waals surface area contributed by atoms with Crippen LogP contribution in [0.1, 0.15) is 12.8 Å². The van der Waals surface area contributed by atoms with Gasteiger partial charge in [0, 0.05) is 6.42 Å². The first-order valence-corrected chi connectivity index (χ1v) is 5.05. The Morgan fingerprint density at radius 2 is 1.67 bits per heavy atom. The van der Waals surface area contributed by atoms with Crippen LogP contribution in [0.3, 0.4) is 0 Å². The summed E-state index contributed by atoms with van der Waals surface area (Å²) in [6.45, 7) is 0. The van der Waals surface area contributed by atoms with Crippen molar-refractivity contribution in [3.05, 3.63) is 0 Å². The quantitative estimate of drug-likeness (QED) is 0.657. The van der Waals surface area contributed by atoms with E-state index in [1.165, 1.54) is 0 Å². The van der Waals surface area contributed by atoms with E-state index < -0.39 is 27.7 Å². The molecule has 0 aromatic rings. The van der Waals surface area contributed by atoms with Crippen LogP contribution in [0, 0.1) is 5.92 Å². The number of carbonyl (C=O) groups is 2. The number of halogens is 3. The number of nitrogens with two attached hydrogens (primary N) is 1. The van der Waals surface area contributed by atoms with E-state index >= 15 is 0 Å². The van der Waals surface area contributed by atoms with E-state index in [2.05, 4.69) is 0 Å². The fourth-order valence-corrected chi connectivity index (χ4v) is 1.52. The van der Waals surface area contributed by atoms with Gasteiger partial charge in [-0.15, -0.1) is 0 Å². The fourth-order valence-electron chi connectivity index (χ4n) is 0.958. The van der Waals surface area contributed by atoms with E-state index in [1.807, 2.05) is 0 Å². The minimum atomic E-state index is -1.73. The Hall–Kier alpha value is -0.230. The topological polar surface area (TPSA) is 101 Å². The monoisotopic (exact) mass is 277 g/mol. The Morgan fingerprint density at radius 3 is 1.93 bits per heavy atom. The number of aliphatic carboxylic acids is 2. The van der Waals surface area contributed by atoms with Crippen LogP contribution >= 0.6 is 34.8 Å². The third-order valence-corrected chi connectivity index (χ3v) is 2.15. The molecule has 0 radical (unpaired) electrons. The van der Waals surface area contributed by atoms with Crippen molar-refractivity contribution in [3.8, 4) is 0 Å². The lowest BCUT2D eigenvalue weighted by Gasteiger charge is -2.18. The highest BCUT2D eigenvalue weighted by Crippen LogP contribution is 2.34. The van der Waals surface area contributed by atoms with Crippen LogP contribution in [0.15, 0.2) is 0 Å². The molecule has 1 unspecified atom stereocenters. The third-order valence-electron chi connectivity index (χ3n) is 1.68. The summed E-state index contributed by atoms with van der Waals surface area (Å²) in [5, 5.41) is 17.2. The van der Waals surface area contributed by atoms with Crippen molar-refractivity contribution in [2.45, 2.75) is 22.7 Å². The van der Waals surface area contributed by atoms with Gasteiger partial charge in [0.15, 0.2) is 3.79 Å². The predicted molar refractivity (Wildman–Crippen MR) is 56.3 cm³/mol. The number of rotatable bonds is 5. The number of carboxylic acids is 2. The second-order valence-electron chi connectivity index (χ2n) is 3.03. The molecule has 0 spiro atoms. The molecule has 88 valence electrons. The largest absolute Gasteiger partial charge is 0.481 e. The van der Waals surface area contributed by atoms with Crippen LogP contribution in [0.2, 0.25) is 0 Å². The van der Waals surface area contributed by atoms with Crippen molar-refractivity contribution in [3.63, 3.8) is 0 Å². The molecule has 5 nitrogen and oxygen atoms in total. The summed E-state index contributed by atoms with van der Waals surface area (Å²) >= 11 is 16.2. The molecule has 0 bridgehead atoms. The second-order valence-corrected chi connectivity index (χ2v) is 5.55. The van der Waals surface area contributed by atoms with Gasteiger partial charge in [-0.3, -0.25) is 9.59 Å². The normalized spacial score (nSPS) is 15.7. The Morgan fingerprint density at radius 1 is 1.20 bits per heavy atom. The van der Waals surface area contributed by atoms with E-state index in [4.69, 9.17) is 50.7 Å². The molecule has 0 aromatic carbocycles. The van der Waals surface area contributed by atoms with Crippen molar-refractivity contribution in [1.29, 1.82) is 0 Å². The smallest absolute Gasteiger partial charge is 0.320 e. The van der Waals surface area contributed by atoms with Gasteiger partial charge in [-0.25, -0.2) is 0 Å². The number of alkyl halides is 3. The van der Waals surface area contributed by atoms with Crippen LogP contribution in [-0.4, -0.2) is 32.0 Å². The van der Waals surface area contributed by atoms with Crippen molar-refractivity contribution >= 4 is 46.7 Å². The van der Waals surface area contributed by atoms with Gasteiger partial charge in [-0.05, 0) is 6.42 Å². The summed E-state index contributed by atoms with van der Waals surface area (Å²) in [5.74, 6) is -3.62. The zero-order valence-corrected chi connectivity index (χ0v) is 9.76. The molecule has 0 aliphatic rings. The summed E-state index contributed by atoms with van der Waals surface area (Å²) in [6.07, 6.45) is -0.563. The van der Waals surface area contributed by atoms with Crippen LogP contribution in [0.5, 0.6) is 0 Å². The molecule has 0 saturated carbocycles. The van der Waals surface area contributed by atoms with Crippen molar-refractivity contribution in [1.82, 2.24) is 0 Å². The van der Waals surface area contributed by atoms with E-state index in [0.29, 0.717) is 0 Å². The Labute approximate surface area is 101 Å². The fraction of sp³-hybridized carbons (Fsp3) is 0.714.